The van der Waals surface area contributed by atoms with Crippen LogP contribution in [0.4, 0.5) is 14.5 Å². The molecule has 0 bridgehead atoms. The molecule has 1 N–H and O–H groups in total. The number of aliphatic hydroxyl groups excluding tert-OH is 1. The molecule has 1 aliphatic carbocycles. The Morgan fingerprint density at radius 2 is 1.95 bits per heavy atom. The first kappa shape index (κ1) is 14.6. The molecule has 0 amide bonds. The summed E-state index contributed by atoms with van der Waals surface area (Å²) in [5.41, 5.74) is -0.837. The van der Waals surface area contributed by atoms with Crippen molar-refractivity contribution in [3.63, 3.8) is 0 Å². The Morgan fingerprint density at radius 3 is 2.50 bits per heavy atom. The maximum absolute atomic E-state index is 13.4. The van der Waals surface area contributed by atoms with Crippen molar-refractivity contribution in [2.24, 2.45) is 5.92 Å². The van der Waals surface area contributed by atoms with Gasteiger partial charge in [0.25, 0.3) is 0 Å². The third-order valence-electron chi connectivity index (χ3n) is 3.52. The maximum Gasteiger partial charge on any atom is 0.346 e. The second-order valence-corrected chi connectivity index (χ2v) is 4.93. The minimum atomic E-state index is -1.24. The van der Waals surface area contributed by atoms with Gasteiger partial charge in [-0.1, -0.05) is 0 Å². The third kappa shape index (κ3) is 3.22. The van der Waals surface area contributed by atoms with Gasteiger partial charge in [-0.25, -0.2) is 4.39 Å². The van der Waals surface area contributed by atoms with E-state index in [1.807, 2.05) is 0 Å². The molecule has 20 heavy (non-hydrogen) atoms. The fourth-order valence-corrected chi connectivity index (χ4v) is 2.42. The highest BCUT2D eigenvalue weighted by molar-refractivity contribution is 5.47. The van der Waals surface area contributed by atoms with Gasteiger partial charge in [0.1, 0.15) is 5.82 Å². The molecular formula is C13H15F2NO4. The van der Waals surface area contributed by atoms with Crippen molar-refractivity contribution in [3.8, 4) is 5.75 Å². The fraction of sp³-hybridized carbons (Fsp3) is 0.538. The number of ether oxygens (including phenoxy) is 1. The van der Waals surface area contributed by atoms with Crippen LogP contribution in [0.3, 0.4) is 0 Å². The van der Waals surface area contributed by atoms with Crippen molar-refractivity contribution in [3.05, 3.63) is 33.9 Å². The number of hydrogen-bond donors (Lipinski definition) is 1. The Bertz CT molecular complexity index is 501. The topological polar surface area (TPSA) is 72.6 Å². The van der Waals surface area contributed by atoms with Crippen molar-refractivity contribution in [1.82, 2.24) is 0 Å². The molecule has 2 rings (SSSR count). The Morgan fingerprint density at radius 1 is 1.30 bits per heavy atom. The van der Waals surface area contributed by atoms with Crippen molar-refractivity contribution >= 4 is 5.69 Å². The van der Waals surface area contributed by atoms with E-state index in [-0.39, 0.29) is 24.4 Å². The van der Waals surface area contributed by atoms with E-state index in [0.717, 1.165) is 18.9 Å². The van der Waals surface area contributed by atoms with Gasteiger partial charge in [0, 0.05) is 18.7 Å². The molecule has 1 saturated carbocycles. The van der Waals surface area contributed by atoms with Gasteiger partial charge in [-0.05, 0) is 31.6 Å². The lowest BCUT2D eigenvalue weighted by Crippen LogP contribution is -2.26. The van der Waals surface area contributed by atoms with E-state index in [2.05, 4.69) is 0 Å². The number of rotatable bonds is 4. The summed E-state index contributed by atoms with van der Waals surface area (Å²) in [5.74, 6) is -2.32. The van der Waals surface area contributed by atoms with Gasteiger partial charge < -0.3 is 9.84 Å². The van der Waals surface area contributed by atoms with Crippen LogP contribution in [0.15, 0.2) is 12.1 Å². The fourth-order valence-electron chi connectivity index (χ4n) is 2.42. The highest BCUT2D eigenvalue weighted by Gasteiger charge is 2.28. The zero-order chi connectivity index (χ0) is 14.7. The Balaban J connectivity index is 2.15. The monoisotopic (exact) mass is 287 g/mol. The smallest absolute Gasteiger partial charge is 0.346 e. The predicted molar refractivity (Wildman–Crippen MR) is 66.5 cm³/mol. The summed E-state index contributed by atoms with van der Waals surface area (Å²) in [7, 11) is 0. The molecule has 1 aromatic rings. The summed E-state index contributed by atoms with van der Waals surface area (Å²) >= 11 is 0. The van der Waals surface area contributed by atoms with Gasteiger partial charge >= 0.3 is 5.69 Å². The van der Waals surface area contributed by atoms with Crippen LogP contribution in [0, 0.1) is 27.7 Å². The van der Waals surface area contributed by atoms with Crippen LogP contribution >= 0.6 is 0 Å². The van der Waals surface area contributed by atoms with Crippen LogP contribution in [-0.4, -0.2) is 22.7 Å². The zero-order valence-electron chi connectivity index (χ0n) is 10.7. The standard InChI is InChI=1S/C13H15F2NO4/c14-9-5-11(15)13(16(18)19)12(6-9)20-10-3-1-8(7-17)2-4-10/h5-6,8,10,17H,1-4,7H2. The van der Waals surface area contributed by atoms with E-state index in [0.29, 0.717) is 18.9 Å². The maximum atomic E-state index is 13.4. The molecule has 0 aromatic heterocycles. The van der Waals surface area contributed by atoms with E-state index in [1.165, 1.54) is 0 Å². The quantitative estimate of drug-likeness (QED) is 0.682. The van der Waals surface area contributed by atoms with E-state index >= 15 is 0 Å². The highest BCUT2D eigenvalue weighted by Crippen LogP contribution is 2.34. The van der Waals surface area contributed by atoms with Gasteiger partial charge in [-0.15, -0.1) is 0 Å². The average Bonchev–Trinajstić information content (AvgIpc) is 2.38. The van der Waals surface area contributed by atoms with Crippen molar-refractivity contribution in [2.45, 2.75) is 31.8 Å². The number of nitro groups is 1. The Labute approximate surface area is 114 Å². The second-order valence-electron chi connectivity index (χ2n) is 4.93. The first-order valence-corrected chi connectivity index (χ1v) is 6.42. The minimum absolute atomic E-state index is 0.0987. The molecule has 0 spiro atoms. The van der Waals surface area contributed by atoms with Crippen LogP contribution in [0.1, 0.15) is 25.7 Å². The average molecular weight is 287 g/mol. The molecule has 1 fully saturated rings. The van der Waals surface area contributed by atoms with E-state index in [4.69, 9.17) is 9.84 Å². The molecule has 0 atom stereocenters. The second kappa shape index (κ2) is 6.13. The normalized spacial score (nSPS) is 22.6. The van der Waals surface area contributed by atoms with Crippen molar-refractivity contribution in [1.29, 1.82) is 0 Å². The molecule has 1 aliphatic rings. The van der Waals surface area contributed by atoms with Gasteiger partial charge in [0.2, 0.25) is 11.6 Å². The summed E-state index contributed by atoms with van der Waals surface area (Å²) < 4.78 is 32.0. The SMILES string of the molecule is O=[N+]([O-])c1c(F)cc(F)cc1OC1CCC(CO)CC1. The van der Waals surface area contributed by atoms with Gasteiger partial charge in [-0.2, -0.15) is 4.39 Å². The van der Waals surface area contributed by atoms with Crippen LogP contribution in [-0.2, 0) is 0 Å². The zero-order valence-corrected chi connectivity index (χ0v) is 10.7. The lowest BCUT2D eigenvalue weighted by molar-refractivity contribution is -0.388. The van der Waals surface area contributed by atoms with E-state index in [1.54, 1.807) is 0 Å². The van der Waals surface area contributed by atoms with Gasteiger partial charge in [0.15, 0.2) is 0 Å². The molecule has 5 nitrogen and oxygen atoms in total. The molecule has 0 unspecified atom stereocenters. The predicted octanol–water partition coefficient (Wildman–Crippen LogP) is 2.80. The lowest BCUT2D eigenvalue weighted by atomic mass is 9.88. The highest BCUT2D eigenvalue weighted by atomic mass is 19.1. The largest absolute Gasteiger partial charge is 0.483 e. The van der Waals surface area contributed by atoms with Crippen LogP contribution in [0.5, 0.6) is 5.75 Å². The molecule has 1 aromatic carbocycles. The molecule has 0 aliphatic heterocycles. The lowest BCUT2D eigenvalue weighted by Gasteiger charge is -2.27. The van der Waals surface area contributed by atoms with Crippen molar-refractivity contribution in [2.75, 3.05) is 6.61 Å². The van der Waals surface area contributed by atoms with Crippen molar-refractivity contribution < 1.29 is 23.5 Å². The summed E-state index contributed by atoms with van der Waals surface area (Å²) in [4.78, 5) is 9.91. The Kier molecular flexibility index (Phi) is 4.49. The number of nitro benzene ring substituents is 1. The molecule has 0 radical (unpaired) electrons. The number of halogens is 2. The summed E-state index contributed by atoms with van der Waals surface area (Å²) in [6, 6.07) is 1.30. The summed E-state index contributed by atoms with van der Waals surface area (Å²) in [5, 5.41) is 19.9. The molecule has 0 heterocycles. The summed E-state index contributed by atoms with van der Waals surface area (Å²) in [6.45, 7) is 0.0987. The minimum Gasteiger partial charge on any atom is -0.483 e. The van der Waals surface area contributed by atoms with Crippen LogP contribution in [0.2, 0.25) is 0 Å². The number of hydrogen-bond acceptors (Lipinski definition) is 4. The molecule has 110 valence electrons. The Hall–Kier alpha value is -1.76. The van der Waals surface area contributed by atoms with E-state index < -0.39 is 22.2 Å². The summed E-state index contributed by atoms with van der Waals surface area (Å²) in [6.07, 6.45) is 2.33. The number of nitrogens with zero attached hydrogens (tertiary/aromatic N) is 1. The first-order valence-electron chi connectivity index (χ1n) is 6.42. The van der Waals surface area contributed by atoms with E-state index in [9.17, 15) is 18.9 Å². The number of aliphatic hydroxyl groups is 1. The molecule has 0 saturated heterocycles. The van der Waals surface area contributed by atoms with Gasteiger partial charge in [-0.3, -0.25) is 10.1 Å². The third-order valence-corrected chi connectivity index (χ3v) is 3.52. The van der Waals surface area contributed by atoms with Crippen LogP contribution < -0.4 is 4.74 Å². The van der Waals surface area contributed by atoms with Gasteiger partial charge in [0.05, 0.1) is 11.0 Å². The number of benzene rings is 1. The molecular weight excluding hydrogens is 272 g/mol. The first-order chi connectivity index (χ1) is 9.51. The van der Waals surface area contributed by atoms with Crippen LogP contribution in [0.25, 0.3) is 0 Å². The molecule has 7 heteroatoms.